The monoisotopic (exact) mass is 143 g/mol. The standard InChI is InChI=1S/CH5NO3S2/c2-1-7(4,6)5-3/h3H,1-2H2. The van der Waals surface area contributed by atoms with Crippen molar-refractivity contribution >= 4 is 20.0 Å². The summed E-state index contributed by atoms with van der Waals surface area (Å²) in [5.74, 6) is -0.334. The third-order valence-electron chi connectivity index (χ3n) is 0.318. The first-order valence-electron chi connectivity index (χ1n) is 1.38. The lowest BCUT2D eigenvalue weighted by molar-refractivity contribution is -0.124. The van der Waals surface area contributed by atoms with Gasteiger partial charge in [0.25, 0.3) is 0 Å². The minimum absolute atomic E-state index is 0.334. The van der Waals surface area contributed by atoms with E-state index in [1.165, 1.54) is 0 Å². The Balaban J connectivity index is 3.89. The third kappa shape index (κ3) is 2.89. The van der Waals surface area contributed by atoms with E-state index in [1.807, 2.05) is 0 Å². The fraction of sp³-hybridized carbons (Fsp3) is 1.00. The van der Waals surface area contributed by atoms with Crippen LogP contribution in [0, 0.1) is 0 Å². The van der Waals surface area contributed by atoms with Gasteiger partial charge >= 0.3 is 0 Å². The van der Waals surface area contributed by atoms with Crippen molar-refractivity contribution in [3.63, 3.8) is 0 Å². The molecule has 0 saturated carbocycles. The van der Waals surface area contributed by atoms with Gasteiger partial charge in [-0.2, -0.15) is 0 Å². The van der Waals surface area contributed by atoms with Gasteiger partial charge in [0.15, 0.2) is 8.77 Å². The van der Waals surface area contributed by atoms with Crippen molar-refractivity contribution in [2.24, 2.45) is 5.73 Å². The van der Waals surface area contributed by atoms with Gasteiger partial charge in [0.2, 0.25) is 0 Å². The number of hydrogen-bond acceptors (Lipinski definition) is 5. The molecule has 0 aromatic carbocycles. The smallest absolute Gasteiger partial charge is 0.186 e. The molecule has 0 bridgehead atoms. The summed E-state index contributed by atoms with van der Waals surface area (Å²) in [6.07, 6.45) is 0. The maximum atomic E-state index is 10.1. The topological polar surface area (TPSA) is 72.6 Å². The minimum Gasteiger partial charge on any atom is -0.318 e. The van der Waals surface area contributed by atoms with Gasteiger partial charge in [-0.15, -0.1) is 4.33 Å². The van der Waals surface area contributed by atoms with Crippen LogP contribution in [0.25, 0.3) is 0 Å². The number of hydrogen-bond donors (Lipinski definition) is 2. The highest BCUT2D eigenvalue weighted by molar-refractivity contribution is 8.30. The zero-order valence-electron chi connectivity index (χ0n) is 3.36. The molecule has 44 valence electrons. The van der Waals surface area contributed by atoms with E-state index in [9.17, 15) is 4.21 Å². The van der Waals surface area contributed by atoms with Crippen LogP contribution in [0.5, 0.6) is 0 Å². The summed E-state index contributed by atoms with van der Waals surface area (Å²) >= 11 is 4.08. The molecule has 0 aromatic rings. The summed E-state index contributed by atoms with van der Waals surface area (Å²) in [6, 6.07) is 0. The average Bonchev–Trinajstić information content (AvgIpc) is 1.68. The fourth-order valence-corrected chi connectivity index (χ4v) is 0.0913. The van der Waals surface area contributed by atoms with E-state index in [4.69, 9.17) is 11.0 Å². The van der Waals surface area contributed by atoms with E-state index in [1.54, 1.807) is 0 Å². The number of rotatable bonds is 2. The SMILES string of the molecule is NCS(=O)(=S)OO. The lowest BCUT2D eigenvalue weighted by Crippen LogP contribution is -2.13. The second-order valence-electron chi connectivity index (χ2n) is 0.799. The molecule has 6 heteroatoms. The molecule has 0 aliphatic carbocycles. The van der Waals surface area contributed by atoms with Crippen LogP contribution in [0.15, 0.2) is 0 Å². The van der Waals surface area contributed by atoms with Gasteiger partial charge in [0, 0.05) is 11.2 Å². The molecule has 1 atom stereocenters. The van der Waals surface area contributed by atoms with Crippen molar-refractivity contribution in [2.75, 3.05) is 5.88 Å². The van der Waals surface area contributed by atoms with Crippen LogP contribution >= 0.6 is 0 Å². The summed E-state index contributed by atoms with van der Waals surface area (Å²) in [4.78, 5) is 0. The molecule has 0 radical (unpaired) electrons. The molecular weight excluding hydrogens is 138 g/mol. The highest BCUT2D eigenvalue weighted by Gasteiger charge is 1.97. The van der Waals surface area contributed by atoms with Crippen molar-refractivity contribution in [1.29, 1.82) is 0 Å². The summed E-state index contributed by atoms with van der Waals surface area (Å²) in [5.41, 5.74) is 4.75. The van der Waals surface area contributed by atoms with Crippen LogP contribution in [0.3, 0.4) is 0 Å². The molecule has 0 rings (SSSR count). The summed E-state index contributed by atoms with van der Waals surface area (Å²) in [6.45, 7) is 0. The van der Waals surface area contributed by atoms with Crippen molar-refractivity contribution < 1.29 is 13.8 Å². The molecule has 1 unspecified atom stereocenters. The van der Waals surface area contributed by atoms with E-state index < -0.39 is 8.77 Å². The Kier molecular flexibility index (Phi) is 2.62. The fourth-order valence-electron chi connectivity index (χ4n) is 0.0304. The van der Waals surface area contributed by atoms with Crippen LogP contribution in [0.1, 0.15) is 0 Å². The van der Waals surface area contributed by atoms with Gasteiger partial charge in [-0.3, -0.25) is 0 Å². The predicted octanol–water partition coefficient (Wildman–Crippen LogP) is -0.946. The van der Waals surface area contributed by atoms with Crippen LogP contribution in [-0.2, 0) is 24.3 Å². The van der Waals surface area contributed by atoms with Gasteiger partial charge in [-0.25, -0.2) is 9.47 Å². The molecule has 0 fully saturated rings. The van der Waals surface area contributed by atoms with Crippen molar-refractivity contribution in [3.8, 4) is 0 Å². The van der Waals surface area contributed by atoms with Crippen molar-refractivity contribution in [2.45, 2.75) is 0 Å². The van der Waals surface area contributed by atoms with Crippen LogP contribution in [-0.4, -0.2) is 15.3 Å². The highest BCUT2D eigenvalue weighted by atomic mass is 32.8. The van der Waals surface area contributed by atoms with Crippen LogP contribution in [0.2, 0.25) is 0 Å². The van der Waals surface area contributed by atoms with E-state index in [-0.39, 0.29) is 5.88 Å². The lowest BCUT2D eigenvalue weighted by atomic mass is 11.6. The van der Waals surface area contributed by atoms with E-state index in [2.05, 4.69) is 15.5 Å². The second kappa shape index (κ2) is 2.53. The third-order valence-corrected chi connectivity index (χ3v) is 1.54. The highest BCUT2D eigenvalue weighted by Crippen LogP contribution is 1.82. The molecule has 0 saturated heterocycles. The zero-order valence-corrected chi connectivity index (χ0v) is 5.00. The van der Waals surface area contributed by atoms with E-state index >= 15 is 0 Å². The first-order chi connectivity index (χ1) is 3.12. The molecule has 3 N–H and O–H groups in total. The Bertz CT molecular complexity index is 116. The Hall–Kier alpha value is 0.250. The van der Waals surface area contributed by atoms with Crippen LogP contribution < -0.4 is 5.73 Å². The van der Waals surface area contributed by atoms with Gasteiger partial charge in [0.1, 0.15) is 0 Å². The molecule has 0 aliphatic heterocycles. The van der Waals surface area contributed by atoms with Crippen LogP contribution in [0.4, 0.5) is 0 Å². The molecule has 0 aliphatic rings. The van der Waals surface area contributed by atoms with Gasteiger partial charge in [-0.05, 0) is 0 Å². The Morgan fingerprint density at radius 3 is 2.43 bits per heavy atom. The first-order valence-corrected chi connectivity index (χ1v) is 3.96. The van der Waals surface area contributed by atoms with Crippen molar-refractivity contribution in [3.05, 3.63) is 0 Å². The van der Waals surface area contributed by atoms with Gasteiger partial charge in [0.05, 0.1) is 5.88 Å². The minimum atomic E-state index is -2.99. The molecule has 0 aromatic heterocycles. The zero-order chi connectivity index (χ0) is 5.91. The van der Waals surface area contributed by atoms with Crippen molar-refractivity contribution in [1.82, 2.24) is 0 Å². The second-order valence-corrected chi connectivity index (χ2v) is 3.92. The first kappa shape index (κ1) is 7.25. The molecule has 0 heterocycles. The predicted molar refractivity (Wildman–Crippen MR) is 28.3 cm³/mol. The largest absolute Gasteiger partial charge is 0.318 e. The average molecular weight is 143 g/mol. The summed E-state index contributed by atoms with van der Waals surface area (Å²) < 4.78 is 13.4. The molecule has 0 amide bonds. The Labute approximate surface area is 46.1 Å². The van der Waals surface area contributed by atoms with Gasteiger partial charge < -0.3 is 5.73 Å². The lowest BCUT2D eigenvalue weighted by Gasteiger charge is -1.92. The summed E-state index contributed by atoms with van der Waals surface area (Å²) in [7, 11) is -2.99. The normalized spacial score (nSPS) is 18.6. The summed E-state index contributed by atoms with van der Waals surface area (Å²) in [5, 5.41) is 7.63. The van der Waals surface area contributed by atoms with E-state index in [0.717, 1.165) is 0 Å². The number of nitrogens with two attached hydrogens (primary N) is 1. The Morgan fingerprint density at radius 1 is 2.00 bits per heavy atom. The maximum Gasteiger partial charge on any atom is 0.186 e. The molecular formula is CH5NO3S2. The quantitative estimate of drug-likeness (QED) is 0.385. The molecule has 0 spiro atoms. The van der Waals surface area contributed by atoms with E-state index in [0.29, 0.717) is 0 Å². The Morgan fingerprint density at radius 2 is 2.43 bits per heavy atom. The maximum absolute atomic E-state index is 10.1. The molecule has 4 nitrogen and oxygen atoms in total. The van der Waals surface area contributed by atoms with Gasteiger partial charge in [-0.1, -0.05) is 0 Å². The molecule has 7 heavy (non-hydrogen) atoms.